The van der Waals surface area contributed by atoms with E-state index in [4.69, 9.17) is 17.3 Å². The molecule has 1 aromatic carbocycles. The molecule has 0 N–H and O–H groups in total. The normalized spacial score (nSPS) is 14.2. The Morgan fingerprint density at radius 2 is 1.79 bits per heavy atom. The van der Waals surface area contributed by atoms with Gasteiger partial charge in [0.15, 0.2) is 10.6 Å². The quantitative estimate of drug-likeness (QED) is 0.597. The molecule has 0 saturated carbocycles. The highest BCUT2D eigenvalue weighted by molar-refractivity contribution is 7.71. The molecule has 28 heavy (non-hydrogen) atoms. The Morgan fingerprint density at radius 3 is 2.54 bits per heavy atom. The number of hydrogen-bond donors (Lipinski definition) is 0. The molecule has 2 aromatic heterocycles. The van der Waals surface area contributed by atoms with Gasteiger partial charge in [-0.25, -0.2) is 4.68 Å². The van der Waals surface area contributed by atoms with Crippen molar-refractivity contribution in [1.82, 2.24) is 24.2 Å². The van der Waals surface area contributed by atoms with Crippen LogP contribution in [0.15, 0.2) is 48.8 Å². The van der Waals surface area contributed by atoms with Crippen molar-refractivity contribution < 1.29 is 0 Å². The lowest BCUT2D eigenvalue weighted by Crippen LogP contribution is -2.25. The summed E-state index contributed by atoms with van der Waals surface area (Å²) in [5.74, 6) is 0.860. The van der Waals surface area contributed by atoms with Crippen molar-refractivity contribution in [2.45, 2.75) is 26.1 Å². The van der Waals surface area contributed by atoms with Gasteiger partial charge in [-0.05, 0) is 55.9 Å². The van der Waals surface area contributed by atoms with Gasteiger partial charge in [0.2, 0.25) is 0 Å². The van der Waals surface area contributed by atoms with Crippen LogP contribution in [0.1, 0.15) is 18.4 Å². The number of nitrogens with zero attached hydrogens (tertiary/aromatic N) is 6. The van der Waals surface area contributed by atoms with E-state index in [2.05, 4.69) is 46.1 Å². The molecule has 0 amide bonds. The zero-order valence-electron chi connectivity index (χ0n) is 16.5. The van der Waals surface area contributed by atoms with E-state index in [0.29, 0.717) is 11.4 Å². The minimum absolute atomic E-state index is 0.645. The molecular formula is C21H26N6S. The molecule has 3 heterocycles. The largest absolute Gasteiger partial charge is 0.371 e. The molecule has 3 aromatic rings. The first-order chi connectivity index (χ1) is 13.6. The van der Waals surface area contributed by atoms with E-state index in [1.54, 1.807) is 12.4 Å². The number of pyridine rings is 1. The van der Waals surface area contributed by atoms with E-state index in [9.17, 15) is 0 Å². The first-order valence-corrected chi connectivity index (χ1v) is 10.1. The van der Waals surface area contributed by atoms with Crippen LogP contribution < -0.4 is 4.90 Å². The Kier molecular flexibility index (Phi) is 5.54. The van der Waals surface area contributed by atoms with Crippen LogP contribution >= 0.6 is 12.2 Å². The van der Waals surface area contributed by atoms with Crippen LogP contribution in [-0.4, -0.2) is 44.4 Å². The molecule has 146 valence electrons. The molecule has 0 bridgehead atoms. The molecule has 1 fully saturated rings. The van der Waals surface area contributed by atoms with Crippen molar-refractivity contribution in [2.75, 3.05) is 25.0 Å². The predicted octanol–water partition coefficient (Wildman–Crippen LogP) is 3.70. The molecule has 1 saturated heterocycles. The van der Waals surface area contributed by atoms with Crippen LogP contribution in [0.4, 0.5) is 5.69 Å². The van der Waals surface area contributed by atoms with Crippen LogP contribution in [-0.2, 0) is 20.3 Å². The maximum atomic E-state index is 5.62. The Balaban J connectivity index is 1.52. The fourth-order valence-electron chi connectivity index (χ4n) is 3.81. The number of para-hydroxylation sites is 1. The Morgan fingerprint density at radius 1 is 1.07 bits per heavy atom. The molecule has 0 unspecified atom stereocenters. The topological polar surface area (TPSA) is 42.1 Å². The van der Waals surface area contributed by atoms with Crippen LogP contribution in [0.3, 0.4) is 0 Å². The maximum Gasteiger partial charge on any atom is 0.199 e. The van der Waals surface area contributed by atoms with Gasteiger partial charge >= 0.3 is 0 Å². The van der Waals surface area contributed by atoms with Crippen molar-refractivity contribution in [3.63, 3.8) is 0 Å². The minimum Gasteiger partial charge on any atom is -0.371 e. The monoisotopic (exact) mass is 394 g/mol. The van der Waals surface area contributed by atoms with E-state index in [1.807, 2.05) is 28.4 Å². The fourth-order valence-corrected chi connectivity index (χ4v) is 4.00. The van der Waals surface area contributed by atoms with Gasteiger partial charge in [0.05, 0.1) is 6.67 Å². The van der Waals surface area contributed by atoms with E-state index >= 15 is 0 Å². The third-order valence-corrected chi connectivity index (χ3v) is 5.72. The van der Waals surface area contributed by atoms with Gasteiger partial charge in [-0.15, -0.1) is 0 Å². The summed E-state index contributed by atoms with van der Waals surface area (Å²) in [4.78, 5) is 8.84. The summed E-state index contributed by atoms with van der Waals surface area (Å²) < 4.78 is 4.56. The van der Waals surface area contributed by atoms with Gasteiger partial charge in [-0.2, -0.15) is 5.10 Å². The van der Waals surface area contributed by atoms with Crippen LogP contribution in [0.2, 0.25) is 0 Å². The SMILES string of the molecule is CN(Cc1ccccc1N1CCCC1)Cn1nc(-c2ccncc2)n(C)c1=S. The van der Waals surface area contributed by atoms with E-state index < -0.39 is 0 Å². The van der Waals surface area contributed by atoms with Crippen LogP contribution in [0.5, 0.6) is 0 Å². The van der Waals surface area contributed by atoms with E-state index in [-0.39, 0.29) is 0 Å². The van der Waals surface area contributed by atoms with Crippen molar-refractivity contribution in [3.05, 3.63) is 59.1 Å². The maximum absolute atomic E-state index is 5.62. The Bertz CT molecular complexity index is 988. The van der Waals surface area contributed by atoms with Crippen LogP contribution in [0, 0.1) is 4.77 Å². The summed E-state index contributed by atoms with van der Waals surface area (Å²) in [5.41, 5.74) is 3.72. The third-order valence-electron chi connectivity index (χ3n) is 5.23. The van der Waals surface area contributed by atoms with Crippen molar-refractivity contribution in [1.29, 1.82) is 0 Å². The average Bonchev–Trinajstić information content (AvgIpc) is 3.34. The first kappa shape index (κ1) is 18.8. The minimum atomic E-state index is 0.645. The second kappa shape index (κ2) is 8.24. The smallest absolute Gasteiger partial charge is 0.199 e. The van der Waals surface area contributed by atoms with Crippen LogP contribution in [0.25, 0.3) is 11.4 Å². The molecule has 0 spiro atoms. The third kappa shape index (κ3) is 3.86. The van der Waals surface area contributed by atoms with Gasteiger partial charge in [0.1, 0.15) is 0 Å². The van der Waals surface area contributed by atoms with Gasteiger partial charge in [0, 0.05) is 50.3 Å². The summed E-state index contributed by atoms with van der Waals surface area (Å²) in [6.07, 6.45) is 6.12. The van der Waals surface area contributed by atoms with Gasteiger partial charge in [-0.1, -0.05) is 18.2 Å². The van der Waals surface area contributed by atoms with Crippen molar-refractivity contribution in [3.8, 4) is 11.4 Å². The Hall–Kier alpha value is -2.51. The zero-order valence-corrected chi connectivity index (χ0v) is 17.3. The number of hydrogen-bond acceptors (Lipinski definition) is 5. The molecule has 6 nitrogen and oxygen atoms in total. The molecule has 0 radical (unpaired) electrons. The summed E-state index contributed by atoms with van der Waals surface area (Å²) in [7, 11) is 4.08. The predicted molar refractivity (Wildman–Crippen MR) is 115 cm³/mol. The fraction of sp³-hybridized carbons (Fsp3) is 0.381. The van der Waals surface area contributed by atoms with Crippen molar-refractivity contribution in [2.24, 2.45) is 7.05 Å². The Labute approximate surface area is 171 Å². The number of rotatable bonds is 6. The first-order valence-electron chi connectivity index (χ1n) is 9.69. The highest BCUT2D eigenvalue weighted by Crippen LogP contribution is 2.25. The number of benzene rings is 1. The lowest BCUT2D eigenvalue weighted by molar-refractivity contribution is 0.244. The van der Waals surface area contributed by atoms with E-state index in [0.717, 1.165) is 31.0 Å². The standard InChI is InChI=1S/C21H26N6S/c1-24(15-18-7-3-4-8-19(18)26-13-5-6-14-26)16-27-21(28)25(2)20(23-27)17-9-11-22-12-10-17/h3-4,7-12H,5-6,13-16H2,1-2H3. The highest BCUT2D eigenvalue weighted by atomic mass is 32.1. The molecule has 4 rings (SSSR count). The number of anilines is 1. The van der Waals surface area contributed by atoms with Gasteiger partial charge < -0.3 is 9.47 Å². The highest BCUT2D eigenvalue weighted by Gasteiger charge is 2.17. The summed E-state index contributed by atoms with van der Waals surface area (Å²) >= 11 is 5.62. The lowest BCUT2D eigenvalue weighted by Gasteiger charge is -2.24. The zero-order chi connectivity index (χ0) is 19.5. The molecule has 1 aliphatic rings. The van der Waals surface area contributed by atoms with Gasteiger partial charge in [-0.3, -0.25) is 9.88 Å². The van der Waals surface area contributed by atoms with Gasteiger partial charge in [0.25, 0.3) is 0 Å². The average molecular weight is 395 g/mol. The molecule has 7 heteroatoms. The van der Waals surface area contributed by atoms with Crippen molar-refractivity contribution >= 4 is 17.9 Å². The summed E-state index contributed by atoms with van der Waals surface area (Å²) in [6.45, 7) is 3.81. The molecule has 0 aliphatic carbocycles. The second-order valence-corrected chi connectivity index (χ2v) is 7.74. The lowest BCUT2D eigenvalue weighted by atomic mass is 10.1. The molecule has 1 aliphatic heterocycles. The second-order valence-electron chi connectivity index (χ2n) is 7.38. The summed E-state index contributed by atoms with van der Waals surface area (Å²) in [5, 5.41) is 4.76. The molecular weight excluding hydrogens is 368 g/mol. The number of aromatic nitrogens is 4. The summed E-state index contributed by atoms with van der Waals surface area (Å²) in [6, 6.07) is 12.6. The van der Waals surface area contributed by atoms with E-state index in [1.165, 1.54) is 24.1 Å². The molecule has 0 atom stereocenters.